The second-order valence-electron chi connectivity index (χ2n) is 3.51. The Morgan fingerprint density at radius 2 is 2.00 bits per heavy atom. The van der Waals surface area contributed by atoms with Crippen LogP contribution in [0.4, 0.5) is 5.69 Å². The minimum Gasteiger partial charge on any atom is -0.449 e. The van der Waals surface area contributed by atoms with Gasteiger partial charge in [-0.3, -0.25) is 4.79 Å². The Bertz CT molecular complexity index is 500. The summed E-state index contributed by atoms with van der Waals surface area (Å²) in [5.74, 6) is 0.561. The summed E-state index contributed by atoms with van der Waals surface area (Å²) >= 11 is 0. The van der Waals surface area contributed by atoms with Crippen LogP contribution >= 0.6 is 0 Å². The molecule has 4 heteroatoms. The fourth-order valence-corrected chi connectivity index (χ4v) is 1.42. The molecular formula is C12H12N2O2. The summed E-state index contributed by atoms with van der Waals surface area (Å²) < 4.78 is 5.13. The van der Waals surface area contributed by atoms with Gasteiger partial charge in [0.1, 0.15) is 12.0 Å². The molecular weight excluding hydrogens is 204 g/mol. The van der Waals surface area contributed by atoms with Crippen LogP contribution in [0.3, 0.4) is 0 Å². The number of aromatic nitrogens is 1. The van der Waals surface area contributed by atoms with E-state index >= 15 is 0 Å². The lowest BCUT2D eigenvalue weighted by Crippen LogP contribution is -2.05. The van der Waals surface area contributed by atoms with Gasteiger partial charge in [-0.1, -0.05) is 12.1 Å². The first-order chi connectivity index (χ1) is 7.65. The van der Waals surface area contributed by atoms with Gasteiger partial charge in [0.25, 0.3) is 0 Å². The van der Waals surface area contributed by atoms with E-state index in [0.717, 1.165) is 16.9 Å². The highest BCUT2D eigenvalue weighted by atomic mass is 16.3. The van der Waals surface area contributed by atoms with Crippen molar-refractivity contribution < 1.29 is 9.21 Å². The van der Waals surface area contributed by atoms with Gasteiger partial charge in [0.05, 0.1) is 0 Å². The molecule has 1 aromatic heterocycles. The molecule has 2 rings (SSSR count). The third-order valence-corrected chi connectivity index (χ3v) is 2.12. The molecule has 2 aromatic rings. The maximum absolute atomic E-state index is 10.8. The number of carbonyl (C=O) groups is 1. The van der Waals surface area contributed by atoms with Crippen molar-refractivity contribution in [2.75, 3.05) is 5.32 Å². The molecule has 1 N–H and O–H groups in total. The summed E-state index contributed by atoms with van der Waals surface area (Å²) in [6.45, 7) is 3.28. The monoisotopic (exact) mass is 216 g/mol. The van der Waals surface area contributed by atoms with Crippen LogP contribution in [0.2, 0.25) is 0 Å². The Morgan fingerprint density at radius 3 is 2.50 bits per heavy atom. The fraction of sp³-hybridized carbons (Fsp3) is 0.167. The van der Waals surface area contributed by atoms with Crippen molar-refractivity contribution >= 4 is 11.6 Å². The van der Waals surface area contributed by atoms with Crippen LogP contribution in [-0.4, -0.2) is 10.9 Å². The smallest absolute Gasteiger partial charge is 0.221 e. The average molecular weight is 216 g/mol. The highest BCUT2D eigenvalue weighted by molar-refractivity contribution is 5.88. The zero-order valence-corrected chi connectivity index (χ0v) is 9.15. The van der Waals surface area contributed by atoms with E-state index in [4.69, 9.17) is 4.42 Å². The second-order valence-corrected chi connectivity index (χ2v) is 3.51. The number of carbonyl (C=O) groups excluding carboxylic acids is 1. The van der Waals surface area contributed by atoms with E-state index in [-0.39, 0.29) is 5.91 Å². The number of hydrogen-bond acceptors (Lipinski definition) is 3. The van der Waals surface area contributed by atoms with Crippen LogP contribution in [0, 0.1) is 6.92 Å². The van der Waals surface area contributed by atoms with E-state index in [2.05, 4.69) is 10.3 Å². The molecule has 0 aliphatic carbocycles. The molecule has 1 heterocycles. The lowest BCUT2D eigenvalue weighted by molar-refractivity contribution is -0.114. The van der Waals surface area contributed by atoms with Crippen molar-refractivity contribution in [3.63, 3.8) is 0 Å². The number of aryl methyl sites for hydroxylation is 1. The van der Waals surface area contributed by atoms with Gasteiger partial charge in [-0.2, -0.15) is 0 Å². The molecule has 4 nitrogen and oxygen atoms in total. The van der Waals surface area contributed by atoms with Crippen LogP contribution in [0.1, 0.15) is 12.8 Å². The lowest BCUT2D eigenvalue weighted by atomic mass is 10.1. The molecule has 0 saturated carbocycles. The SMILES string of the molecule is CC(=O)Nc1ccc(-c2coc(C)n2)cc1. The van der Waals surface area contributed by atoms with Gasteiger partial charge in [0.15, 0.2) is 5.89 Å². The molecule has 16 heavy (non-hydrogen) atoms. The molecule has 0 bridgehead atoms. The van der Waals surface area contributed by atoms with Crippen molar-refractivity contribution in [1.82, 2.24) is 4.98 Å². The molecule has 0 atom stereocenters. The van der Waals surface area contributed by atoms with E-state index in [1.165, 1.54) is 6.92 Å². The number of nitrogens with zero attached hydrogens (tertiary/aromatic N) is 1. The predicted octanol–water partition coefficient (Wildman–Crippen LogP) is 2.61. The highest BCUT2D eigenvalue weighted by Crippen LogP contribution is 2.20. The number of benzene rings is 1. The third-order valence-electron chi connectivity index (χ3n) is 2.12. The Balaban J connectivity index is 2.22. The molecule has 0 unspecified atom stereocenters. The quantitative estimate of drug-likeness (QED) is 0.839. The molecule has 82 valence electrons. The van der Waals surface area contributed by atoms with E-state index in [1.54, 1.807) is 13.2 Å². The molecule has 1 amide bonds. The lowest BCUT2D eigenvalue weighted by Gasteiger charge is -2.02. The minimum atomic E-state index is -0.0787. The van der Waals surface area contributed by atoms with Crippen LogP contribution in [0.5, 0.6) is 0 Å². The summed E-state index contributed by atoms with van der Waals surface area (Å²) in [5.41, 5.74) is 2.54. The Kier molecular flexibility index (Phi) is 2.72. The van der Waals surface area contributed by atoms with Crippen molar-refractivity contribution in [2.45, 2.75) is 13.8 Å². The summed E-state index contributed by atoms with van der Waals surface area (Å²) in [6.07, 6.45) is 1.61. The van der Waals surface area contributed by atoms with Crippen molar-refractivity contribution in [1.29, 1.82) is 0 Å². The standard InChI is InChI=1S/C12H12N2O2/c1-8(15)13-11-5-3-10(4-6-11)12-7-16-9(2)14-12/h3-7H,1-2H3,(H,13,15). The number of rotatable bonds is 2. The normalized spacial score (nSPS) is 10.1. The van der Waals surface area contributed by atoms with Crippen molar-refractivity contribution in [3.05, 3.63) is 36.4 Å². The number of amides is 1. The maximum atomic E-state index is 10.8. The molecule has 0 aliphatic heterocycles. The molecule has 0 spiro atoms. The van der Waals surface area contributed by atoms with Crippen LogP contribution in [-0.2, 0) is 4.79 Å². The van der Waals surface area contributed by atoms with E-state index < -0.39 is 0 Å². The Hall–Kier alpha value is -2.10. The number of anilines is 1. The summed E-state index contributed by atoms with van der Waals surface area (Å²) in [4.78, 5) is 15.1. The van der Waals surface area contributed by atoms with E-state index in [1.807, 2.05) is 24.3 Å². The first-order valence-corrected chi connectivity index (χ1v) is 4.95. The Labute approximate surface area is 93.3 Å². The van der Waals surface area contributed by atoms with E-state index in [9.17, 15) is 4.79 Å². The zero-order valence-electron chi connectivity index (χ0n) is 9.15. The van der Waals surface area contributed by atoms with Gasteiger partial charge in [0, 0.05) is 25.1 Å². The first kappa shape index (κ1) is 10.4. The fourth-order valence-electron chi connectivity index (χ4n) is 1.42. The molecule has 0 fully saturated rings. The second kappa shape index (κ2) is 4.18. The predicted molar refractivity (Wildman–Crippen MR) is 61.0 cm³/mol. The average Bonchev–Trinajstić information content (AvgIpc) is 2.65. The van der Waals surface area contributed by atoms with Gasteiger partial charge in [-0.25, -0.2) is 4.98 Å². The molecule has 0 saturated heterocycles. The Morgan fingerprint density at radius 1 is 1.31 bits per heavy atom. The van der Waals surface area contributed by atoms with Gasteiger partial charge in [-0.15, -0.1) is 0 Å². The molecule has 1 aromatic carbocycles. The largest absolute Gasteiger partial charge is 0.449 e. The summed E-state index contributed by atoms with van der Waals surface area (Å²) in [6, 6.07) is 7.45. The van der Waals surface area contributed by atoms with Crippen LogP contribution < -0.4 is 5.32 Å². The van der Waals surface area contributed by atoms with Crippen LogP contribution in [0.25, 0.3) is 11.3 Å². The van der Waals surface area contributed by atoms with Gasteiger partial charge in [-0.05, 0) is 12.1 Å². The number of nitrogens with one attached hydrogen (secondary N) is 1. The first-order valence-electron chi connectivity index (χ1n) is 4.95. The molecule has 0 aliphatic rings. The number of oxazole rings is 1. The van der Waals surface area contributed by atoms with Gasteiger partial charge in [0.2, 0.25) is 5.91 Å². The highest BCUT2D eigenvalue weighted by Gasteiger charge is 2.03. The summed E-state index contributed by atoms with van der Waals surface area (Å²) in [5, 5.41) is 2.71. The molecule has 0 radical (unpaired) electrons. The third kappa shape index (κ3) is 2.28. The maximum Gasteiger partial charge on any atom is 0.221 e. The van der Waals surface area contributed by atoms with Crippen LogP contribution in [0.15, 0.2) is 34.9 Å². The number of hydrogen-bond donors (Lipinski definition) is 1. The summed E-state index contributed by atoms with van der Waals surface area (Å²) in [7, 11) is 0. The zero-order chi connectivity index (χ0) is 11.5. The van der Waals surface area contributed by atoms with Gasteiger partial charge >= 0.3 is 0 Å². The van der Waals surface area contributed by atoms with Crippen molar-refractivity contribution in [3.8, 4) is 11.3 Å². The minimum absolute atomic E-state index is 0.0787. The van der Waals surface area contributed by atoms with Gasteiger partial charge < -0.3 is 9.73 Å². The van der Waals surface area contributed by atoms with E-state index in [0.29, 0.717) is 5.89 Å². The van der Waals surface area contributed by atoms with Crippen molar-refractivity contribution in [2.24, 2.45) is 0 Å². The topological polar surface area (TPSA) is 55.1 Å².